The number of fused-ring (bicyclic) bond motifs is 3. The Kier molecular flexibility index (Phi) is 7.51. The molecule has 242 valence electrons. The van der Waals surface area contributed by atoms with Gasteiger partial charge in [-0.25, -0.2) is 9.97 Å². The maximum Gasteiger partial charge on any atom is 0.160 e. The third-order valence-electron chi connectivity index (χ3n) is 10.3. The van der Waals surface area contributed by atoms with Crippen LogP contribution in [0, 0.1) is 0 Å². The fourth-order valence-corrected chi connectivity index (χ4v) is 7.56. The Hall–Kier alpha value is -6.38. The zero-order valence-corrected chi connectivity index (χ0v) is 28.7. The minimum Gasteiger partial charge on any atom is -0.228 e. The molecule has 7 aromatic carbocycles. The fraction of sp³-hybridized carbons (Fsp3) is 0.0612. The first-order valence-corrected chi connectivity index (χ1v) is 17.6. The lowest BCUT2D eigenvalue weighted by atomic mass is 9.82. The summed E-state index contributed by atoms with van der Waals surface area (Å²) in [6.45, 7) is 4.66. The van der Waals surface area contributed by atoms with E-state index in [1.807, 2.05) is 12.1 Å². The molecule has 51 heavy (non-hydrogen) atoms. The molecule has 1 heterocycles. The lowest BCUT2D eigenvalue weighted by Gasteiger charge is -2.21. The van der Waals surface area contributed by atoms with Crippen LogP contribution in [0.5, 0.6) is 0 Å². The van der Waals surface area contributed by atoms with Crippen LogP contribution in [-0.2, 0) is 5.41 Å². The summed E-state index contributed by atoms with van der Waals surface area (Å²) in [6, 6.07) is 64.8. The van der Waals surface area contributed by atoms with Crippen LogP contribution in [0.25, 0.3) is 78.4 Å². The lowest BCUT2D eigenvalue weighted by molar-refractivity contribution is 0.660. The van der Waals surface area contributed by atoms with E-state index in [1.165, 1.54) is 50.1 Å². The highest BCUT2D eigenvalue weighted by Gasteiger charge is 2.35. The van der Waals surface area contributed by atoms with Crippen LogP contribution in [0.1, 0.15) is 25.0 Å². The van der Waals surface area contributed by atoms with Crippen molar-refractivity contribution in [2.45, 2.75) is 19.3 Å². The molecule has 1 aliphatic carbocycles. The smallest absolute Gasteiger partial charge is 0.160 e. The molecule has 2 nitrogen and oxygen atoms in total. The van der Waals surface area contributed by atoms with Crippen molar-refractivity contribution in [1.29, 1.82) is 0 Å². The normalized spacial score (nSPS) is 12.7. The SMILES string of the molecule is CC1(C)c2ccccc2-c2cc(-c3cccc(-c4ccc(-c5cc(-c6ccccc6)nc(-c6cccc(-c7ccccc7)c6)n5)cc4)c3)ccc21. The third kappa shape index (κ3) is 5.65. The van der Waals surface area contributed by atoms with E-state index in [4.69, 9.17) is 9.97 Å². The van der Waals surface area contributed by atoms with Crippen molar-refractivity contribution < 1.29 is 0 Å². The predicted octanol–water partition coefficient (Wildman–Crippen LogP) is 12.8. The Morgan fingerprint density at radius 1 is 0.314 bits per heavy atom. The molecule has 0 spiro atoms. The van der Waals surface area contributed by atoms with E-state index in [0.717, 1.165) is 33.6 Å². The molecule has 2 heteroatoms. The Morgan fingerprint density at radius 2 is 0.745 bits per heavy atom. The average molecular weight is 653 g/mol. The highest BCUT2D eigenvalue weighted by Crippen LogP contribution is 2.49. The Bertz CT molecular complexity index is 2530. The van der Waals surface area contributed by atoms with Gasteiger partial charge < -0.3 is 0 Å². The van der Waals surface area contributed by atoms with Gasteiger partial charge in [0.05, 0.1) is 11.4 Å². The van der Waals surface area contributed by atoms with Crippen LogP contribution in [0.2, 0.25) is 0 Å². The molecule has 0 aliphatic heterocycles. The van der Waals surface area contributed by atoms with Gasteiger partial charge in [0.15, 0.2) is 5.82 Å². The maximum atomic E-state index is 5.13. The molecule has 0 bridgehead atoms. The molecule has 9 rings (SSSR count). The van der Waals surface area contributed by atoms with E-state index in [-0.39, 0.29) is 5.41 Å². The summed E-state index contributed by atoms with van der Waals surface area (Å²) in [4.78, 5) is 10.2. The van der Waals surface area contributed by atoms with E-state index in [2.05, 4.69) is 184 Å². The number of hydrogen-bond donors (Lipinski definition) is 0. The Labute approximate surface area is 299 Å². The van der Waals surface area contributed by atoms with Crippen LogP contribution in [0.15, 0.2) is 182 Å². The van der Waals surface area contributed by atoms with Crippen molar-refractivity contribution in [1.82, 2.24) is 9.97 Å². The van der Waals surface area contributed by atoms with Crippen LogP contribution in [-0.4, -0.2) is 9.97 Å². The van der Waals surface area contributed by atoms with Gasteiger partial charge in [-0.05, 0) is 79.9 Å². The largest absolute Gasteiger partial charge is 0.228 e. The number of aromatic nitrogens is 2. The molecule has 1 aliphatic rings. The van der Waals surface area contributed by atoms with Gasteiger partial charge >= 0.3 is 0 Å². The number of hydrogen-bond acceptors (Lipinski definition) is 2. The summed E-state index contributed by atoms with van der Waals surface area (Å²) in [5, 5.41) is 0. The highest BCUT2D eigenvalue weighted by atomic mass is 14.9. The number of nitrogens with zero attached hydrogens (tertiary/aromatic N) is 2. The zero-order valence-electron chi connectivity index (χ0n) is 28.7. The minimum atomic E-state index is 0.00649. The van der Waals surface area contributed by atoms with Crippen molar-refractivity contribution >= 4 is 0 Å². The molecule has 0 unspecified atom stereocenters. The molecular formula is C49H36N2. The van der Waals surface area contributed by atoms with Gasteiger partial charge in [0.2, 0.25) is 0 Å². The van der Waals surface area contributed by atoms with Gasteiger partial charge in [0.25, 0.3) is 0 Å². The molecule has 0 amide bonds. The first-order valence-electron chi connectivity index (χ1n) is 17.6. The standard InChI is InChI=1S/C49H36N2/c1-49(2)44-22-10-9-21-42(44)43-31-40(27-28-45(43)49)39-19-11-17-37(29-39)34-23-25-36(26-24-34)47-32-46(35-15-7-4-8-16-35)50-48(51-47)41-20-12-18-38(30-41)33-13-5-3-6-14-33/h3-32H,1-2H3. The van der Waals surface area contributed by atoms with Gasteiger partial charge in [0, 0.05) is 22.1 Å². The van der Waals surface area contributed by atoms with E-state index >= 15 is 0 Å². The summed E-state index contributed by atoms with van der Waals surface area (Å²) in [5.41, 5.74) is 17.5. The van der Waals surface area contributed by atoms with E-state index in [0.29, 0.717) is 5.82 Å². The van der Waals surface area contributed by atoms with Crippen LogP contribution < -0.4 is 0 Å². The first-order chi connectivity index (χ1) is 25.0. The van der Waals surface area contributed by atoms with E-state index < -0.39 is 0 Å². The second-order valence-corrected chi connectivity index (χ2v) is 13.9. The average Bonchev–Trinajstić information content (AvgIpc) is 3.44. The van der Waals surface area contributed by atoms with Crippen molar-refractivity contribution in [3.63, 3.8) is 0 Å². The predicted molar refractivity (Wildman–Crippen MR) is 212 cm³/mol. The second-order valence-electron chi connectivity index (χ2n) is 13.9. The quantitative estimate of drug-likeness (QED) is 0.179. The summed E-state index contributed by atoms with van der Waals surface area (Å²) in [5.74, 6) is 0.710. The van der Waals surface area contributed by atoms with Crippen molar-refractivity contribution in [2.24, 2.45) is 0 Å². The van der Waals surface area contributed by atoms with Gasteiger partial charge in [0.1, 0.15) is 0 Å². The highest BCUT2D eigenvalue weighted by molar-refractivity contribution is 5.85. The first kappa shape index (κ1) is 30.7. The van der Waals surface area contributed by atoms with Gasteiger partial charge in [-0.2, -0.15) is 0 Å². The van der Waals surface area contributed by atoms with E-state index in [1.54, 1.807) is 0 Å². The molecule has 0 atom stereocenters. The topological polar surface area (TPSA) is 25.8 Å². The molecule has 0 fully saturated rings. The van der Waals surface area contributed by atoms with E-state index in [9.17, 15) is 0 Å². The monoisotopic (exact) mass is 652 g/mol. The Morgan fingerprint density at radius 3 is 1.43 bits per heavy atom. The van der Waals surface area contributed by atoms with Crippen molar-refractivity contribution in [3.05, 3.63) is 193 Å². The fourth-order valence-electron chi connectivity index (χ4n) is 7.56. The summed E-state index contributed by atoms with van der Waals surface area (Å²) in [7, 11) is 0. The molecular weight excluding hydrogens is 617 g/mol. The molecule has 0 N–H and O–H groups in total. The molecule has 1 aromatic heterocycles. The molecule has 0 saturated carbocycles. The van der Waals surface area contributed by atoms with Crippen LogP contribution in [0.3, 0.4) is 0 Å². The van der Waals surface area contributed by atoms with Gasteiger partial charge in [-0.3, -0.25) is 0 Å². The minimum absolute atomic E-state index is 0.00649. The number of benzene rings is 7. The maximum absolute atomic E-state index is 5.13. The molecule has 0 radical (unpaired) electrons. The van der Waals surface area contributed by atoms with Gasteiger partial charge in [-0.1, -0.05) is 172 Å². The van der Waals surface area contributed by atoms with Gasteiger partial charge in [-0.15, -0.1) is 0 Å². The second kappa shape index (κ2) is 12.5. The summed E-state index contributed by atoms with van der Waals surface area (Å²) in [6.07, 6.45) is 0. The lowest BCUT2D eigenvalue weighted by Crippen LogP contribution is -2.14. The summed E-state index contributed by atoms with van der Waals surface area (Å²) >= 11 is 0. The molecule has 0 saturated heterocycles. The third-order valence-corrected chi connectivity index (χ3v) is 10.3. The van der Waals surface area contributed by atoms with Crippen LogP contribution in [0.4, 0.5) is 0 Å². The Balaban J connectivity index is 1.06. The molecule has 8 aromatic rings. The van der Waals surface area contributed by atoms with Crippen molar-refractivity contribution in [3.8, 4) is 78.4 Å². The summed E-state index contributed by atoms with van der Waals surface area (Å²) < 4.78 is 0. The van der Waals surface area contributed by atoms with Crippen LogP contribution >= 0.6 is 0 Å². The number of rotatable bonds is 6. The van der Waals surface area contributed by atoms with Crippen molar-refractivity contribution in [2.75, 3.05) is 0 Å². The zero-order chi connectivity index (χ0) is 34.4.